The van der Waals surface area contributed by atoms with E-state index in [0.717, 1.165) is 11.3 Å². The number of carbonyl (C=O) groups is 1. The minimum absolute atomic E-state index is 0.0820. The van der Waals surface area contributed by atoms with Crippen LogP contribution < -0.4 is 10.6 Å². The summed E-state index contributed by atoms with van der Waals surface area (Å²) in [6.07, 6.45) is 0. The summed E-state index contributed by atoms with van der Waals surface area (Å²) in [4.78, 5) is 15.3. The van der Waals surface area contributed by atoms with E-state index in [1.54, 1.807) is 4.90 Å². The Balaban J connectivity index is 0.00000218. The maximum absolute atomic E-state index is 13.6. The quantitative estimate of drug-likeness (QED) is 0.650. The highest BCUT2D eigenvalue weighted by Crippen LogP contribution is 2.41. The zero-order valence-electron chi connectivity index (χ0n) is 21.2. The van der Waals surface area contributed by atoms with Gasteiger partial charge in [-0.05, 0) is 93.5 Å². The van der Waals surface area contributed by atoms with Crippen molar-refractivity contribution in [3.8, 4) is 0 Å². The third-order valence-electron chi connectivity index (χ3n) is 7.15. The standard InChI is InChI=1S/C25H36N2O.C2H6/c1-15-13-11-12-14-21(15)27(10)23(28)25(9,26)24(7,8)22-19(5)17(3)16(2)18(4)20(22)6;1-2/h11-14H,26H2,1-10H3;1-2H3. The minimum Gasteiger partial charge on any atom is -0.317 e. The fourth-order valence-corrected chi connectivity index (χ4v) is 4.36. The van der Waals surface area contributed by atoms with Crippen molar-refractivity contribution >= 4 is 11.6 Å². The second-order valence-corrected chi connectivity index (χ2v) is 8.98. The molecule has 0 saturated heterocycles. The molecule has 0 aromatic heterocycles. The van der Waals surface area contributed by atoms with Crippen LogP contribution in [0.4, 0.5) is 5.69 Å². The van der Waals surface area contributed by atoms with Crippen LogP contribution >= 0.6 is 0 Å². The van der Waals surface area contributed by atoms with Crippen LogP contribution in [0.2, 0.25) is 0 Å². The Kier molecular flexibility index (Phi) is 8.07. The molecular weight excluding hydrogens is 368 g/mol. The number of amides is 1. The second-order valence-electron chi connectivity index (χ2n) is 8.98. The van der Waals surface area contributed by atoms with Crippen LogP contribution in [0.1, 0.15) is 73.6 Å². The molecule has 30 heavy (non-hydrogen) atoms. The Labute approximate surface area is 184 Å². The maximum atomic E-state index is 13.6. The van der Waals surface area contributed by atoms with E-state index in [2.05, 4.69) is 48.5 Å². The highest BCUT2D eigenvalue weighted by Gasteiger charge is 2.48. The van der Waals surface area contributed by atoms with E-state index in [1.165, 1.54) is 33.4 Å². The number of nitrogens with two attached hydrogens (primary N) is 1. The molecular formula is C27H42N2O. The highest BCUT2D eigenvalue weighted by molar-refractivity contribution is 6.01. The SMILES string of the molecule is CC.Cc1ccccc1N(C)C(=O)C(C)(N)C(C)(C)c1c(C)c(C)c(C)c(C)c1C. The minimum atomic E-state index is -1.08. The van der Waals surface area contributed by atoms with Gasteiger partial charge in [0.25, 0.3) is 0 Å². The number of benzene rings is 2. The molecule has 2 aromatic rings. The molecule has 1 unspecified atom stereocenters. The van der Waals surface area contributed by atoms with E-state index in [0.29, 0.717) is 0 Å². The van der Waals surface area contributed by atoms with Gasteiger partial charge in [0.2, 0.25) is 5.91 Å². The van der Waals surface area contributed by atoms with E-state index in [-0.39, 0.29) is 5.91 Å². The van der Waals surface area contributed by atoms with Gasteiger partial charge in [0.05, 0.1) is 0 Å². The number of carbonyl (C=O) groups excluding carboxylic acids is 1. The third kappa shape index (κ3) is 4.18. The molecule has 0 bridgehead atoms. The number of hydrogen-bond acceptors (Lipinski definition) is 2. The molecule has 3 heteroatoms. The van der Waals surface area contributed by atoms with E-state index in [9.17, 15) is 4.79 Å². The van der Waals surface area contributed by atoms with Gasteiger partial charge >= 0.3 is 0 Å². The van der Waals surface area contributed by atoms with Gasteiger partial charge in [-0.15, -0.1) is 0 Å². The molecule has 0 aliphatic rings. The first-order chi connectivity index (χ1) is 13.8. The van der Waals surface area contributed by atoms with Crippen molar-refractivity contribution in [2.45, 2.75) is 87.1 Å². The van der Waals surface area contributed by atoms with Crippen LogP contribution in [-0.4, -0.2) is 18.5 Å². The largest absolute Gasteiger partial charge is 0.317 e. The first-order valence-electron chi connectivity index (χ1n) is 11.0. The molecule has 2 aromatic carbocycles. The summed E-state index contributed by atoms with van der Waals surface area (Å²) in [6.45, 7) is 22.9. The van der Waals surface area contributed by atoms with Crippen LogP contribution in [-0.2, 0) is 10.2 Å². The lowest BCUT2D eigenvalue weighted by Gasteiger charge is -2.44. The number of anilines is 1. The van der Waals surface area contributed by atoms with E-state index < -0.39 is 11.0 Å². The lowest BCUT2D eigenvalue weighted by molar-refractivity contribution is -0.125. The van der Waals surface area contributed by atoms with Gasteiger partial charge in [-0.1, -0.05) is 45.9 Å². The fraction of sp³-hybridized carbons (Fsp3) is 0.519. The van der Waals surface area contributed by atoms with E-state index >= 15 is 0 Å². The molecule has 0 radical (unpaired) electrons. The lowest BCUT2D eigenvalue weighted by atomic mass is 9.64. The molecule has 0 fully saturated rings. The Hall–Kier alpha value is -2.13. The lowest BCUT2D eigenvalue weighted by Crippen LogP contribution is -2.63. The third-order valence-corrected chi connectivity index (χ3v) is 7.15. The maximum Gasteiger partial charge on any atom is 0.247 e. The Morgan fingerprint density at radius 2 is 1.20 bits per heavy atom. The van der Waals surface area contributed by atoms with Gasteiger partial charge in [-0.25, -0.2) is 0 Å². The average molecular weight is 411 g/mol. The number of para-hydroxylation sites is 1. The number of nitrogens with zero attached hydrogens (tertiary/aromatic N) is 1. The van der Waals surface area contributed by atoms with Crippen molar-refractivity contribution in [3.05, 3.63) is 63.2 Å². The van der Waals surface area contributed by atoms with E-state index in [4.69, 9.17) is 5.73 Å². The van der Waals surface area contributed by atoms with Gasteiger partial charge in [-0.2, -0.15) is 0 Å². The normalized spacial score (nSPS) is 13.2. The Bertz CT molecular complexity index is 894. The topological polar surface area (TPSA) is 46.3 Å². The highest BCUT2D eigenvalue weighted by atomic mass is 16.2. The van der Waals surface area contributed by atoms with Crippen LogP contribution in [0.5, 0.6) is 0 Å². The molecule has 0 aliphatic carbocycles. The van der Waals surface area contributed by atoms with Gasteiger partial charge in [0.1, 0.15) is 5.54 Å². The Morgan fingerprint density at radius 1 is 0.800 bits per heavy atom. The molecule has 0 heterocycles. The first-order valence-corrected chi connectivity index (χ1v) is 11.0. The summed E-state index contributed by atoms with van der Waals surface area (Å²) >= 11 is 0. The van der Waals surface area contributed by atoms with Crippen LogP contribution in [0.25, 0.3) is 0 Å². The number of likely N-dealkylation sites (N-methyl/N-ethyl adjacent to an activating group) is 1. The van der Waals surface area contributed by atoms with Crippen LogP contribution in [0, 0.1) is 41.5 Å². The number of rotatable bonds is 4. The van der Waals surface area contributed by atoms with E-state index in [1.807, 2.05) is 59.0 Å². The molecule has 2 N–H and O–H groups in total. The number of aryl methyl sites for hydroxylation is 1. The smallest absolute Gasteiger partial charge is 0.247 e. The van der Waals surface area contributed by atoms with Gasteiger partial charge in [-0.3, -0.25) is 4.79 Å². The molecule has 0 spiro atoms. The monoisotopic (exact) mass is 410 g/mol. The zero-order valence-corrected chi connectivity index (χ0v) is 21.2. The average Bonchev–Trinajstić information content (AvgIpc) is 2.71. The van der Waals surface area contributed by atoms with Crippen LogP contribution in [0.3, 0.4) is 0 Å². The van der Waals surface area contributed by atoms with Gasteiger partial charge < -0.3 is 10.6 Å². The summed E-state index contributed by atoms with van der Waals surface area (Å²) in [5.74, 6) is -0.0820. The zero-order chi connectivity index (χ0) is 23.6. The first kappa shape index (κ1) is 25.9. The summed E-state index contributed by atoms with van der Waals surface area (Å²) < 4.78 is 0. The summed E-state index contributed by atoms with van der Waals surface area (Å²) in [6, 6.07) is 7.91. The molecule has 2 rings (SSSR count). The summed E-state index contributed by atoms with van der Waals surface area (Å²) in [7, 11) is 1.82. The van der Waals surface area contributed by atoms with Crippen molar-refractivity contribution in [2.24, 2.45) is 5.73 Å². The predicted molar refractivity (Wildman–Crippen MR) is 132 cm³/mol. The Morgan fingerprint density at radius 3 is 1.63 bits per heavy atom. The summed E-state index contributed by atoms with van der Waals surface area (Å²) in [5, 5.41) is 0. The van der Waals surface area contributed by atoms with Crippen molar-refractivity contribution in [1.82, 2.24) is 0 Å². The van der Waals surface area contributed by atoms with Crippen molar-refractivity contribution in [3.63, 3.8) is 0 Å². The molecule has 0 aliphatic heterocycles. The molecule has 0 saturated carbocycles. The van der Waals surface area contributed by atoms with Gasteiger partial charge in [0.15, 0.2) is 0 Å². The number of hydrogen-bond donors (Lipinski definition) is 1. The predicted octanol–water partition coefficient (Wildman–Crippen LogP) is 6.22. The molecule has 1 amide bonds. The molecule has 3 nitrogen and oxygen atoms in total. The van der Waals surface area contributed by atoms with Crippen molar-refractivity contribution in [2.75, 3.05) is 11.9 Å². The molecule has 166 valence electrons. The fourth-order valence-electron chi connectivity index (χ4n) is 4.36. The van der Waals surface area contributed by atoms with Crippen molar-refractivity contribution < 1.29 is 4.79 Å². The van der Waals surface area contributed by atoms with Crippen LogP contribution in [0.15, 0.2) is 24.3 Å². The molecule has 1 atom stereocenters. The summed E-state index contributed by atoms with van der Waals surface area (Å²) in [5.41, 5.74) is 14.7. The second kappa shape index (κ2) is 9.34. The van der Waals surface area contributed by atoms with Crippen molar-refractivity contribution in [1.29, 1.82) is 0 Å². The van der Waals surface area contributed by atoms with Gasteiger partial charge in [0, 0.05) is 18.2 Å².